The summed E-state index contributed by atoms with van der Waals surface area (Å²) in [5, 5.41) is 3.50. The van der Waals surface area contributed by atoms with Crippen molar-refractivity contribution in [3.05, 3.63) is 59.9 Å². The molecule has 0 unspecified atom stereocenters. The van der Waals surface area contributed by atoms with E-state index < -0.39 is 0 Å². The summed E-state index contributed by atoms with van der Waals surface area (Å²) < 4.78 is 0. The summed E-state index contributed by atoms with van der Waals surface area (Å²) in [4.78, 5) is 6.39. The molecular weight excluding hydrogens is 258 g/mol. The van der Waals surface area contributed by atoms with E-state index >= 15 is 0 Å². The Labute approximate surface area is 128 Å². The Kier molecular flexibility index (Phi) is 5.76. The number of aromatic nitrogens is 1. The number of likely N-dealkylation sites (N-methyl/N-ethyl adjacent to an activating group) is 1. The van der Waals surface area contributed by atoms with Crippen LogP contribution in [0.2, 0.25) is 0 Å². The fourth-order valence-electron chi connectivity index (χ4n) is 2.31. The van der Waals surface area contributed by atoms with Crippen LogP contribution < -0.4 is 10.2 Å². The van der Waals surface area contributed by atoms with Gasteiger partial charge in [0.15, 0.2) is 0 Å². The number of para-hydroxylation sites is 1. The number of hydrogen-bond donors (Lipinski definition) is 1. The van der Waals surface area contributed by atoms with Gasteiger partial charge in [-0.1, -0.05) is 32.0 Å². The number of benzene rings is 1. The second-order valence-corrected chi connectivity index (χ2v) is 5.69. The first-order valence-corrected chi connectivity index (χ1v) is 7.58. The lowest BCUT2D eigenvalue weighted by molar-refractivity contribution is 0.588. The first kappa shape index (κ1) is 15.5. The summed E-state index contributed by atoms with van der Waals surface area (Å²) >= 11 is 0. The highest BCUT2D eigenvalue weighted by atomic mass is 15.1. The van der Waals surface area contributed by atoms with Gasteiger partial charge in [0.05, 0.1) is 0 Å². The Bertz CT molecular complexity index is 537. The SMILES string of the molecule is CC(C)NCc1ccccc1N(C)CCc1ccncc1. The van der Waals surface area contributed by atoms with E-state index in [-0.39, 0.29) is 0 Å². The average Bonchev–Trinajstić information content (AvgIpc) is 2.52. The van der Waals surface area contributed by atoms with Gasteiger partial charge in [-0.05, 0) is 35.7 Å². The predicted octanol–water partition coefficient (Wildman–Crippen LogP) is 3.26. The van der Waals surface area contributed by atoms with Crippen LogP contribution in [0.3, 0.4) is 0 Å². The Morgan fingerprint density at radius 1 is 1.10 bits per heavy atom. The Hall–Kier alpha value is -1.87. The smallest absolute Gasteiger partial charge is 0.0409 e. The van der Waals surface area contributed by atoms with Crippen LogP contribution in [0.5, 0.6) is 0 Å². The van der Waals surface area contributed by atoms with E-state index in [9.17, 15) is 0 Å². The molecule has 0 spiro atoms. The van der Waals surface area contributed by atoms with E-state index in [1.165, 1.54) is 16.8 Å². The van der Waals surface area contributed by atoms with Crippen LogP contribution >= 0.6 is 0 Å². The minimum Gasteiger partial charge on any atom is -0.374 e. The number of hydrogen-bond acceptors (Lipinski definition) is 3. The lowest BCUT2D eigenvalue weighted by Gasteiger charge is -2.23. The van der Waals surface area contributed by atoms with Gasteiger partial charge in [0.2, 0.25) is 0 Å². The normalized spacial score (nSPS) is 10.9. The molecule has 0 fully saturated rings. The molecule has 0 atom stereocenters. The number of nitrogens with one attached hydrogen (secondary N) is 1. The molecule has 1 heterocycles. The predicted molar refractivity (Wildman–Crippen MR) is 89.6 cm³/mol. The van der Waals surface area contributed by atoms with E-state index in [2.05, 4.69) is 72.5 Å². The van der Waals surface area contributed by atoms with Gasteiger partial charge in [-0.2, -0.15) is 0 Å². The average molecular weight is 283 g/mol. The minimum absolute atomic E-state index is 0.500. The fraction of sp³-hybridized carbons (Fsp3) is 0.389. The molecular formula is C18H25N3. The second-order valence-electron chi connectivity index (χ2n) is 5.69. The Balaban J connectivity index is 1.99. The topological polar surface area (TPSA) is 28.2 Å². The summed E-state index contributed by atoms with van der Waals surface area (Å²) in [6.45, 7) is 6.27. The number of rotatable bonds is 7. The van der Waals surface area contributed by atoms with Crippen molar-refractivity contribution in [3.8, 4) is 0 Å². The monoisotopic (exact) mass is 283 g/mol. The molecule has 1 N–H and O–H groups in total. The molecule has 0 amide bonds. The van der Waals surface area contributed by atoms with Gasteiger partial charge in [-0.3, -0.25) is 4.98 Å². The third-order valence-corrected chi connectivity index (χ3v) is 3.59. The van der Waals surface area contributed by atoms with E-state index in [0.717, 1.165) is 19.5 Å². The largest absolute Gasteiger partial charge is 0.374 e. The maximum atomic E-state index is 4.06. The summed E-state index contributed by atoms with van der Waals surface area (Å²) in [7, 11) is 2.16. The van der Waals surface area contributed by atoms with Crippen LogP contribution in [0.25, 0.3) is 0 Å². The van der Waals surface area contributed by atoms with Crippen molar-refractivity contribution in [1.82, 2.24) is 10.3 Å². The molecule has 21 heavy (non-hydrogen) atoms. The third kappa shape index (κ3) is 4.87. The van der Waals surface area contributed by atoms with Gasteiger partial charge >= 0.3 is 0 Å². The third-order valence-electron chi connectivity index (χ3n) is 3.59. The molecule has 3 heteroatoms. The van der Waals surface area contributed by atoms with E-state index in [0.29, 0.717) is 6.04 Å². The molecule has 2 aromatic rings. The maximum absolute atomic E-state index is 4.06. The van der Waals surface area contributed by atoms with Crippen molar-refractivity contribution in [1.29, 1.82) is 0 Å². The second kappa shape index (κ2) is 7.79. The zero-order valence-electron chi connectivity index (χ0n) is 13.2. The summed E-state index contributed by atoms with van der Waals surface area (Å²) in [5.74, 6) is 0. The summed E-state index contributed by atoms with van der Waals surface area (Å²) in [6, 6.07) is 13.3. The van der Waals surface area contributed by atoms with E-state index in [1.807, 2.05) is 12.4 Å². The van der Waals surface area contributed by atoms with Crippen LogP contribution in [0, 0.1) is 0 Å². The lowest BCUT2D eigenvalue weighted by atomic mass is 10.1. The molecule has 0 aliphatic carbocycles. The summed E-state index contributed by atoms with van der Waals surface area (Å²) in [6.07, 6.45) is 4.75. The van der Waals surface area contributed by atoms with Crippen LogP contribution in [0.15, 0.2) is 48.8 Å². The zero-order chi connectivity index (χ0) is 15.1. The first-order valence-electron chi connectivity index (χ1n) is 7.58. The van der Waals surface area contributed by atoms with Crippen LogP contribution in [-0.4, -0.2) is 24.6 Å². The van der Waals surface area contributed by atoms with Crippen molar-refractivity contribution < 1.29 is 0 Å². The molecule has 0 saturated carbocycles. The molecule has 112 valence electrons. The van der Waals surface area contributed by atoms with E-state index in [1.54, 1.807) is 0 Å². The molecule has 0 aliphatic heterocycles. The number of nitrogens with zero attached hydrogens (tertiary/aromatic N) is 2. The Morgan fingerprint density at radius 3 is 2.52 bits per heavy atom. The van der Waals surface area contributed by atoms with Crippen molar-refractivity contribution in [2.75, 3.05) is 18.5 Å². The molecule has 1 aromatic heterocycles. The molecule has 0 saturated heterocycles. The summed E-state index contributed by atoms with van der Waals surface area (Å²) in [5.41, 5.74) is 3.98. The van der Waals surface area contributed by atoms with Gasteiger partial charge in [-0.25, -0.2) is 0 Å². The van der Waals surface area contributed by atoms with Crippen LogP contribution in [0.4, 0.5) is 5.69 Å². The minimum atomic E-state index is 0.500. The van der Waals surface area contributed by atoms with Crippen molar-refractivity contribution >= 4 is 5.69 Å². The highest BCUT2D eigenvalue weighted by Gasteiger charge is 2.07. The van der Waals surface area contributed by atoms with Gasteiger partial charge in [0.1, 0.15) is 0 Å². The maximum Gasteiger partial charge on any atom is 0.0409 e. The van der Waals surface area contributed by atoms with Crippen LogP contribution in [0.1, 0.15) is 25.0 Å². The number of anilines is 1. The standard InChI is InChI=1S/C18H25N3/c1-15(2)20-14-17-6-4-5-7-18(17)21(3)13-10-16-8-11-19-12-9-16/h4-9,11-12,15,20H,10,13-14H2,1-3H3. The van der Waals surface area contributed by atoms with Crippen molar-refractivity contribution in [2.45, 2.75) is 32.9 Å². The quantitative estimate of drug-likeness (QED) is 0.845. The zero-order valence-corrected chi connectivity index (χ0v) is 13.2. The molecule has 2 rings (SSSR count). The van der Waals surface area contributed by atoms with Gasteiger partial charge in [0, 0.05) is 44.3 Å². The molecule has 0 radical (unpaired) electrons. The molecule has 3 nitrogen and oxygen atoms in total. The van der Waals surface area contributed by atoms with E-state index in [4.69, 9.17) is 0 Å². The highest BCUT2D eigenvalue weighted by molar-refractivity contribution is 5.53. The highest BCUT2D eigenvalue weighted by Crippen LogP contribution is 2.19. The van der Waals surface area contributed by atoms with Crippen LogP contribution in [-0.2, 0) is 13.0 Å². The molecule has 0 aliphatic rings. The van der Waals surface area contributed by atoms with Gasteiger partial charge < -0.3 is 10.2 Å². The van der Waals surface area contributed by atoms with Crippen molar-refractivity contribution in [2.24, 2.45) is 0 Å². The van der Waals surface area contributed by atoms with Gasteiger partial charge in [-0.15, -0.1) is 0 Å². The molecule has 1 aromatic carbocycles. The van der Waals surface area contributed by atoms with Gasteiger partial charge in [0.25, 0.3) is 0 Å². The first-order chi connectivity index (χ1) is 10.2. The Morgan fingerprint density at radius 2 is 1.81 bits per heavy atom. The van der Waals surface area contributed by atoms with Crippen molar-refractivity contribution in [3.63, 3.8) is 0 Å². The fourth-order valence-corrected chi connectivity index (χ4v) is 2.31. The lowest BCUT2D eigenvalue weighted by Crippen LogP contribution is -2.25. The molecule has 0 bridgehead atoms. The number of pyridine rings is 1.